The van der Waals surface area contributed by atoms with E-state index in [1.807, 2.05) is 31.4 Å². The molecule has 0 aromatic carbocycles. The summed E-state index contributed by atoms with van der Waals surface area (Å²) in [6, 6.07) is 3.90. The van der Waals surface area contributed by atoms with Gasteiger partial charge in [0.25, 0.3) is 0 Å². The molecule has 0 atom stereocenters. The molecule has 0 fully saturated rings. The number of amides is 1. The molecular formula is C13H17NO3S. The third kappa shape index (κ3) is 5.14. The summed E-state index contributed by atoms with van der Waals surface area (Å²) in [5.74, 6) is -1.03. The maximum atomic E-state index is 11.9. The molecule has 0 unspecified atom stereocenters. The molecule has 98 valence electrons. The van der Waals surface area contributed by atoms with Crippen LogP contribution in [-0.2, 0) is 16.1 Å². The topological polar surface area (TPSA) is 57.6 Å². The third-order valence-corrected chi connectivity index (χ3v) is 3.05. The van der Waals surface area contributed by atoms with Gasteiger partial charge in [-0.1, -0.05) is 19.9 Å². The van der Waals surface area contributed by atoms with Crippen molar-refractivity contribution in [1.29, 1.82) is 0 Å². The fourth-order valence-corrected chi connectivity index (χ4v) is 2.23. The van der Waals surface area contributed by atoms with Gasteiger partial charge in [-0.3, -0.25) is 4.79 Å². The van der Waals surface area contributed by atoms with Gasteiger partial charge in [0.15, 0.2) is 0 Å². The summed E-state index contributed by atoms with van der Waals surface area (Å²) in [4.78, 5) is 25.1. The quantitative estimate of drug-likeness (QED) is 0.805. The van der Waals surface area contributed by atoms with Gasteiger partial charge in [0.2, 0.25) is 5.91 Å². The van der Waals surface area contributed by atoms with Crippen LogP contribution in [0.1, 0.15) is 18.7 Å². The lowest BCUT2D eigenvalue weighted by Gasteiger charge is -2.22. The predicted molar refractivity (Wildman–Crippen MR) is 71.3 cm³/mol. The molecule has 0 radical (unpaired) electrons. The highest BCUT2D eigenvalue weighted by atomic mass is 32.1. The molecular weight excluding hydrogens is 250 g/mol. The van der Waals surface area contributed by atoms with Gasteiger partial charge >= 0.3 is 5.97 Å². The molecule has 0 saturated carbocycles. The highest BCUT2D eigenvalue weighted by Gasteiger charge is 2.13. The summed E-state index contributed by atoms with van der Waals surface area (Å²) in [5.41, 5.74) is 0. The van der Waals surface area contributed by atoms with Crippen molar-refractivity contribution < 1.29 is 14.7 Å². The first-order valence-electron chi connectivity index (χ1n) is 5.71. The Labute approximate surface area is 111 Å². The summed E-state index contributed by atoms with van der Waals surface area (Å²) in [5, 5.41) is 10.5. The Bertz CT molecular complexity index is 423. The van der Waals surface area contributed by atoms with Crippen molar-refractivity contribution in [3.63, 3.8) is 0 Å². The maximum Gasteiger partial charge on any atom is 0.328 e. The first-order chi connectivity index (χ1) is 8.49. The zero-order chi connectivity index (χ0) is 13.5. The number of hydrogen-bond donors (Lipinski definition) is 1. The molecule has 4 nitrogen and oxygen atoms in total. The average Bonchev–Trinajstić information content (AvgIpc) is 2.77. The van der Waals surface area contributed by atoms with Crippen molar-refractivity contribution in [1.82, 2.24) is 4.90 Å². The van der Waals surface area contributed by atoms with E-state index in [9.17, 15) is 9.59 Å². The lowest BCUT2D eigenvalue weighted by atomic mass is 10.2. The number of aliphatic carboxylic acids is 1. The van der Waals surface area contributed by atoms with Gasteiger partial charge in [0.05, 0.1) is 6.54 Å². The van der Waals surface area contributed by atoms with Crippen molar-refractivity contribution in [2.45, 2.75) is 20.4 Å². The van der Waals surface area contributed by atoms with Crippen LogP contribution in [0.5, 0.6) is 0 Å². The van der Waals surface area contributed by atoms with E-state index in [2.05, 4.69) is 0 Å². The Hall–Kier alpha value is -1.62. The molecule has 0 aliphatic rings. The molecule has 1 N–H and O–H groups in total. The van der Waals surface area contributed by atoms with Gasteiger partial charge in [0, 0.05) is 23.6 Å². The van der Waals surface area contributed by atoms with Crippen molar-refractivity contribution in [3.05, 3.63) is 34.5 Å². The number of rotatable bonds is 6. The Morgan fingerprint density at radius 1 is 1.44 bits per heavy atom. The summed E-state index contributed by atoms with van der Waals surface area (Å²) < 4.78 is 0. The third-order valence-electron chi connectivity index (χ3n) is 2.19. The predicted octanol–water partition coefficient (Wildman–Crippen LogP) is 2.37. The largest absolute Gasteiger partial charge is 0.478 e. The highest BCUT2D eigenvalue weighted by Crippen LogP contribution is 2.13. The van der Waals surface area contributed by atoms with Crippen LogP contribution in [-0.4, -0.2) is 28.4 Å². The Balaban J connectivity index is 2.71. The second kappa shape index (κ2) is 6.96. The normalized spacial score (nSPS) is 11.1. The van der Waals surface area contributed by atoms with E-state index < -0.39 is 5.97 Å². The minimum Gasteiger partial charge on any atom is -0.478 e. The number of carboxylic acids is 1. The second-order valence-electron chi connectivity index (χ2n) is 4.36. The number of carboxylic acid groups (broad SMARTS) is 1. The molecule has 1 amide bonds. The monoisotopic (exact) mass is 267 g/mol. The van der Waals surface area contributed by atoms with E-state index >= 15 is 0 Å². The highest BCUT2D eigenvalue weighted by molar-refractivity contribution is 7.09. The van der Waals surface area contributed by atoms with Crippen LogP contribution in [0.3, 0.4) is 0 Å². The lowest BCUT2D eigenvalue weighted by Crippen LogP contribution is -2.32. The zero-order valence-corrected chi connectivity index (χ0v) is 11.3. The van der Waals surface area contributed by atoms with Crippen LogP contribution in [0.15, 0.2) is 29.7 Å². The molecule has 0 bridgehead atoms. The Morgan fingerprint density at radius 3 is 2.67 bits per heavy atom. The van der Waals surface area contributed by atoms with Crippen molar-refractivity contribution in [3.8, 4) is 0 Å². The van der Waals surface area contributed by atoms with Gasteiger partial charge in [0.1, 0.15) is 0 Å². The number of hydrogen-bond acceptors (Lipinski definition) is 3. The summed E-state index contributed by atoms with van der Waals surface area (Å²) in [6.45, 7) is 5.19. The second-order valence-corrected chi connectivity index (χ2v) is 5.40. The van der Waals surface area contributed by atoms with Gasteiger partial charge in [-0.05, 0) is 17.4 Å². The molecule has 1 heterocycles. The smallest absolute Gasteiger partial charge is 0.328 e. The number of nitrogens with zero attached hydrogens (tertiary/aromatic N) is 1. The molecule has 1 aromatic heterocycles. The van der Waals surface area contributed by atoms with E-state index in [1.165, 1.54) is 0 Å². The van der Waals surface area contributed by atoms with Crippen molar-refractivity contribution in [2.24, 2.45) is 5.92 Å². The SMILES string of the molecule is CC(C)CN(Cc1cccs1)C(=O)/C=C/C(=O)O. The fourth-order valence-electron chi connectivity index (χ4n) is 1.51. The molecule has 0 aliphatic carbocycles. The van der Waals surface area contributed by atoms with Gasteiger partial charge in [-0.2, -0.15) is 0 Å². The van der Waals surface area contributed by atoms with Crippen LogP contribution >= 0.6 is 11.3 Å². The van der Waals surface area contributed by atoms with E-state index in [4.69, 9.17) is 5.11 Å². The van der Waals surface area contributed by atoms with Gasteiger partial charge in [-0.15, -0.1) is 11.3 Å². The lowest BCUT2D eigenvalue weighted by molar-refractivity contribution is -0.132. The van der Waals surface area contributed by atoms with Gasteiger partial charge < -0.3 is 10.0 Å². The van der Waals surface area contributed by atoms with Crippen LogP contribution in [0, 0.1) is 5.92 Å². The molecule has 1 rings (SSSR count). The van der Waals surface area contributed by atoms with Crippen molar-refractivity contribution >= 4 is 23.2 Å². The number of carbonyl (C=O) groups is 2. The molecule has 0 saturated heterocycles. The van der Waals surface area contributed by atoms with Crippen LogP contribution in [0.4, 0.5) is 0 Å². The van der Waals surface area contributed by atoms with Gasteiger partial charge in [-0.25, -0.2) is 4.79 Å². The standard InChI is InChI=1S/C13H17NO3S/c1-10(2)8-14(9-11-4-3-7-18-11)12(15)5-6-13(16)17/h3-7,10H,8-9H2,1-2H3,(H,16,17)/b6-5+. The van der Waals surface area contributed by atoms with E-state index in [-0.39, 0.29) is 5.91 Å². The van der Waals surface area contributed by atoms with Crippen LogP contribution in [0.25, 0.3) is 0 Å². The zero-order valence-electron chi connectivity index (χ0n) is 10.5. The average molecular weight is 267 g/mol. The van der Waals surface area contributed by atoms with E-state index in [0.717, 1.165) is 17.0 Å². The molecule has 5 heteroatoms. The van der Waals surface area contributed by atoms with Crippen LogP contribution < -0.4 is 0 Å². The minimum absolute atomic E-state index is 0.264. The number of thiophene rings is 1. The van der Waals surface area contributed by atoms with Crippen LogP contribution in [0.2, 0.25) is 0 Å². The molecule has 0 spiro atoms. The molecule has 18 heavy (non-hydrogen) atoms. The fraction of sp³-hybridized carbons (Fsp3) is 0.385. The van der Waals surface area contributed by atoms with E-state index in [1.54, 1.807) is 16.2 Å². The summed E-state index contributed by atoms with van der Waals surface area (Å²) in [7, 11) is 0. The Kier molecular flexibility index (Phi) is 5.58. The number of carbonyl (C=O) groups excluding carboxylic acids is 1. The first kappa shape index (κ1) is 14.4. The minimum atomic E-state index is -1.11. The Morgan fingerprint density at radius 2 is 2.17 bits per heavy atom. The molecule has 1 aromatic rings. The van der Waals surface area contributed by atoms with E-state index in [0.29, 0.717) is 19.0 Å². The summed E-state index contributed by atoms with van der Waals surface area (Å²) in [6.07, 6.45) is 1.99. The summed E-state index contributed by atoms with van der Waals surface area (Å²) >= 11 is 1.59. The molecule has 0 aliphatic heterocycles. The van der Waals surface area contributed by atoms with Crippen molar-refractivity contribution in [2.75, 3.05) is 6.54 Å². The first-order valence-corrected chi connectivity index (χ1v) is 6.59. The maximum absolute atomic E-state index is 11.9.